The topological polar surface area (TPSA) is 32.3 Å². The van der Waals surface area contributed by atoms with Crippen LogP contribution in [0.2, 0.25) is 0 Å². The molecule has 2 heterocycles. The Labute approximate surface area is 121 Å². The van der Waals surface area contributed by atoms with Gasteiger partial charge in [-0.3, -0.25) is 4.90 Å². The zero-order valence-corrected chi connectivity index (χ0v) is 12.5. The molecule has 3 rings (SSSR count). The SMILES string of the molecule is CN(C)[C@H]1CN(Cc2cncnc2)C[C@@H]1C1CC1.Cl. The smallest absolute Gasteiger partial charge is 0.115 e. The summed E-state index contributed by atoms with van der Waals surface area (Å²) in [6.07, 6.45) is 8.35. The predicted molar refractivity (Wildman–Crippen MR) is 78.2 cm³/mol. The van der Waals surface area contributed by atoms with Gasteiger partial charge in [0.15, 0.2) is 0 Å². The number of nitrogens with zero attached hydrogens (tertiary/aromatic N) is 4. The van der Waals surface area contributed by atoms with Gasteiger partial charge >= 0.3 is 0 Å². The van der Waals surface area contributed by atoms with E-state index in [4.69, 9.17) is 0 Å². The number of hydrogen-bond donors (Lipinski definition) is 0. The summed E-state index contributed by atoms with van der Waals surface area (Å²) in [5.74, 6) is 1.85. The molecule has 1 saturated carbocycles. The third-order valence-corrected chi connectivity index (χ3v) is 4.32. The minimum atomic E-state index is 0. The van der Waals surface area contributed by atoms with Crippen molar-refractivity contribution in [2.75, 3.05) is 27.2 Å². The number of likely N-dealkylation sites (N-methyl/N-ethyl adjacent to an activating group) is 1. The van der Waals surface area contributed by atoms with E-state index in [0.717, 1.165) is 24.4 Å². The Balaban J connectivity index is 0.00000133. The first-order valence-electron chi connectivity index (χ1n) is 6.86. The molecule has 0 spiro atoms. The van der Waals surface area contributed by atoms with Crippen molar-refractivity contribution in [2.45, 2.75) is 25.4 Å². The molecule has 1 aliphatic carbocycles. The summed E-state index contributed by atoms with van der Waals surface area (Å²) in [6.45, 7) is 3.42. The maximum atomic E-state index is 4.10. The molecule has 0 radical (unpaired) electrons. The van der Waals surface area contributed by atoms with Gasteiger partial charge in [0, 0.05) is 43.6 Å². The molecule has 2 aliphatic rings. The van der Waals surface area contributed by atoms with Gasteiger partial charge in [-0.15, -0.1) is 12.4 Å². The third-order valence-electron chi connectivity index (χ3n) is 4.32. The standard InChI is InChI=1S/C14H22N4.ClH/c1-17(2)14-9-18(8-13(14)12-3-4-12)7-11-5-15-10-16-6-11;/h5-6,10,12-14H,3-4,7-9H2,1-2H3;1H/t13-,14+;/m1./s1. The van der Waals surface area contributed by atoms with E-state index >= 15 is 0 Å². The summed E-state index contributed by atoms with van der Waals surface area (Å²) in [4.78, 5) is 13.2. The quantitative estimate of drug-likeness (QED) is 0.841. The Morgan fingerprint density at radius 1 is 1.21 bits per heavy atom. The van der Waals surface area contributed by atoms with E-state index in [-0.39, 0.29) is 12.4 Å². The molecule has 2 fully saturated rings. The highest BCUT2D eigenvalue weighted by atomic mass is 35.5. The van der Waals surface area contributed by atoms with Gasteiger partial charge in [-0.05, 0) is 38.8 Å². The first-order valence-corrected chi connectivity index (χ1v) is 6.86. The van der Waals surface area contributed by atoms with Crippen LogP contribution in [0, 0.1) is 11.8 Å². The fourth-order valence-electron chi connectivity index (χ4n) is 3.23. The second kappa shape index (κ2) is 6.16. The lowest BCUT2D eigenvalue weighted by molar-refractivity contribution is 0.233. The van der Waals surface area contributed by atoms with Gasteiger partial charge in [0.1, 0.15) is 6.33 Å². The Morgan fingerprint density at radius 2 is 1.89 bits per heavy atom. The van der Waals surface area contributed by atoms with Crippen LogP contribution in [0.3, 0.4) is 0 Å². The molecule has 106 valence electrons. The maximum absolute atomic E-state index is 4.10. The van der Waals surface area contributed by atoms with Crippen LogP contribution in [-0.2, 0) is 6.54 Å². The second-order valence-electron chi connectivity index (χ2n) is 5.97. The predicted octanol–water partition coefficient (Wildman–Crippen LogP) is 1.67. The molecule has 2 atom stereocenters. The molecular weight excluding hydrogens is 260 g/mol. The van der Waals surface area contributed by atoms with E-state index in [1.807, 2.05) is 12.4 Å². The highest BCUT2D eigenvalue weighted by molar-refractivity contribution is 5.85. The molecule has 1 aromatic heterocycles. The Hall–Kier alpha value is -0.710. The fourth-order valence-corrected chi connectivity index (χ4v) is 3.23. The minimum absolute atomic E-state index is 0. The molecule has 1 saturated heterocycles. The molecular formula is C14H23ClN4. The molecule has 0 amide bonds. The van der Waals surface area contributed by atoms with Crippen LogP contribution in [0.15, 0.2) is 18.7 Å². The molecule has 0 aromatic carbocycles. The van der Waals surface area contributed by atoms with Crippen molar-refractivity contribution in [3.8, 4) is 0 Å². The Bertz CT molecular complexity index is 384. The summed E-state index contributed by atoms with van der Waals surface area (Å²) in [5.41, 5.74) is 1.23. The summed E-state index contributed by atoms with van der Waals surface area (Å²) < 4.78 is 0. The first-order chi connectivity index (χ1) is 8.74. The summed E-state index contributed by atoms with van der Waals surface area (Å²) in [7, 11) is 4.43. The van der Waals surface area contributed by atoms with Crippen LogP contribution in [-0.4, -0.2) is 53.0 Å². The van der Waals surface area contributed by atoms with Crippen molar-refractivity contribution in [1.82, 2.24) is 19.8 Å². The second-order valence-corrected chi connectivity index (χ2v) is 5.97. The van der Waals surface area contributed by atoms with Crippen LogP contribution in [0.5, 0.6) is 0 Å². The Kier molecular flexibility index (Phi) is 4.76. The van der Waals surface area contributed by atoms with Crippen LogP contribution < -0.4 is 0 Å². The van der Waals surface area contributed by atoms with E-state index in [1.165, 1.54) is 31.5 Å². The first kappa shape index (κ1) is 14.7. The van der Waals surface area contributed by atoms with Gasteiger partial charge < -0.3 is 4.90 Å². The highest BCUT2D eigenvalue weighted by Gasteiger charge is 2.43. The summed E-state index contributed by atoms with van der Waals surface area (Å²) in [6, 6.07) is 0.724. The zero-order chi connectivity index (χ0) is 12.5. The normalized spacial score (nSPS) is 27.5. The zero-order valence-electron chi connectivity index (χ0n) is 11.7. The number of halogens is 1. The summed E-state index contributed by atoms with van der Waals surface area (Å²) in [5, 5.41) is 0. The largest absolute Gasteiger partial charge is 0.305 e. The maximum Gasteiger partial charge on any atom is 0.115 e. The number of aromatic nitrogens is 2. The molecule has 4 nitrogen and oxygen atoms in total. The lowest BCUT2D eigenvalue weighted by Crippen LogP contribution is -2.36. The van der Waals surface area contributed by atoms with Crippen LogP contribution in [0.25, 0.3) is 0 Å². The molecule has 5 heteroatoms. The van der Waals surface area contributed by atoms with Crippen molar-refractivity contribution >= 4 is 12.4 Å². The van der Waals surface area contributed by atoms with E-state index < -0.39 is 0 Å². The van der Waals surface area contributed by atoms with Crippen LogP contribution in [0.1, 0.15) is 18.4 Å². The fraction of sp³-hybridized carbons (Fsp3) is 0.714. The van der Waals surface area contributed by atoms with Gasteiger partial charge in [0.2, 0.25) is 0 Å². The minimum Gasteiger partial charge on any atom is -0.305 e. The van der Waals surface area contributed by atoms with E-state index in [9.17, 15) is 0 Å². The molecule has 0 unspecified atom stereocenters. The number of hydrogen-bond acceptors (Lipinski definition) is 4. The average molecular weight is 283 g/mol. The third kappa shape index (κ3) is 3.44. The van der Waals surface area contributed by atoms with Crippen molar-refractivity contribution in [1.29, 1.82) is 0 Å². The van der Waals surface area contributed by atoms with Crippen molar-refractivity contribution in [3.63, 3.8) is 0 Å². The summed E-state index contributed by atoms with van der Waals surface area (Å²) >= 11 is 0. The van der Waals surface area contributed by atoms with Crippen LogP contribution in [0.4, 0.5) is 0 Å². The lowest BCUT2D eigenvalue weighted by atomic mass is 9.97. The van der Waals surface area contributed by atoms with Gasteiger partial charge in [0.25, 0.3) is 0 Å². The number of likely N-dealkylation sites (tertiary alicyclic amines) is 1. The van der Waals surface area contributed by atoms with Gasteiger partial charge in [0.05, 0.1) is 0 Å². The van der Waals surface area contributed by atoms with Crippen molar-refractivity contribution in [3.05, 3.63) is 24.3 Å². The van der Waals surface area contributed by atoms with Crippen LogP contribution >= 0.6 is 12.4 Å². The van der Waals surface area contributed by atoms with Gasteiger partial charge in [-0.2, -0.15) is 0 Å². The molecule has 1 aliphatic heterocycles. The van der Waals surface area contributed by atoms with E-state index in [2.05, 4.69) is 33.9 Å². The van der Waals surface area contributed by atoms with E-state index in [0.29, 0.717) is 0 Å². The monoisotopic (exact) mass is 282 g/mol. The molecule has 0 bridgehead atoms. The lowest BCUT2D eigenvalue weighted by Gasteiger charge is -2.25. The van der Waals surface area contributed by atoms with E-state index in [1.54, 1.807) is 6.33 Å². The average Bonchev–Trinajstić information content (AvgIpc) is 3.12. The highest BCUT2D eigenvalue weighted by Crippen LogP contribution is 2.42. The number of rotatable bonds is 4. The van der Waals surface area contributed by atoms with Crippen molar-refractivity contribution in [2.24, 2.45) is 11.8 Å². The van der Waals surface area contributed by atoms with Gasteiger partial charge in [-0.25, -0.2) is 9.97 Å². The molecule has 0 N–H and O–H groups in total. The van der Waals surface area contributed by atoms with Crippen molar-refractivity contribution < 1.29 is 0 Å². The molecule has 1 aromatic rings. The van der Waals surface area contributed by atoms with Gasteiger partial charge in [-0.1, -0.05) is 0 Å². The molecule has 19 heavy (non-hydrogen) atoms. The Morgan fingerprint density at radius 3 is 2.47 bits per heavy atom.